The van der Waals surface area contributed by atoms with Gasteiger partial charge in [0, 0.05) is 48.9 Å². The Morgan fingerprint density at radius 1 is 1.12 bits per heavy atom. The van der Waals surface area contributed by atoms with Crippen LogP contribution in [-0.2, 0) is 0 Å². The Balaban J connectivity index is 1.90. The van der Waals surface area contributed by atoms with Crippen molar-refractivity contribution >= 4 is 17.5 Å². The monoisotopic (exact) mass is 351 g/mol. The molecule has 0 aliphatic rings. The number of aromatic nitrogens is 3. The molecule has 0 fully saturated rings. The van der Waals surface area contributed by atoms with Gasteiger partial charge in [-0.05, 0) is 30.7 Å². The number of rotatable bonds is 8. The van der Waals surface area contributed by atoms with E-state index in [2.05, 4.69) is 25.6 Å². The molecule has 1 aromatic carbocycles. The lowest BCUT2D eigenvalue weighted by molar-refractivity contribution is 0.292. The van der Waals surface area contributed by atoms with Crippen molar-refractivity contribution in [3.8, 4) is 17.0 Å². The van der Waals surface area contributed by atoms with E-state index in [0.717, 1.165) is 22.7 Å². The first-order chi connectivity index (χ1) is 12.8. The third kappa shape index (κ3) is 4.67. The molecule has 134 valence electrons. The fourth-order valence-corrected chi connectivity index (χ4v) is 2.38. The molecule has 0 saturated carbocycles. The van der Waals surface area contributed by atoms with Crippen molar-refractivity contribution < 1.29 is 9.84 Å². The lowest BCUT2D eigenvalue weighted by Crippen LogP contribution is -2.08. The Bertz CT molecular complexity index is 842. The molecule has 0 saturated heterocycles. The van der Waals surface area contributed by atoms with Gasteiger partial charge in [0.15, 0.2) is 0 Å². The Kier molecular flexibility index (Phi) is 5.95. The number of pyridine rings is 1. The normalized spacial score (nSPS) is 10.4. The first kappa shape index (κ1) is 17.6. The molecule has 3 rings (SSSR count). The number of anilines is 3. The van der Waals surface area contributed by atoms with E-state index < -0.39 is 0 Å². The number of hydrogen-bond acceptors (Lipinski definition) is 7. The van der Waals surface area contributed by atoms with Crippen molar-refractivity contribution in [2.75, 3.05) is 30.9 Å². The Morgan fingerprint density at radius 2 is 2.04 bits per heavy atom. The summed E-state index contributed by atoms with van der Waals surface area (Å²) in [6.45, 7) is 0.704. The molecule has 7 heteroatoms. The summed E-state index contributed by atoms with van der Waals surface area (Å²) < 4.78 is 5.26. The number of ether oxygens (including phenoxy) is 1. The summed E-state index contributed by atoms with van der Waals surface area (Å²) >= 11 is 0. The molecule has 2 aromatic heterocycles. The number of benzene rings is 1. The van der Waals surface area contributed by atoms with Crippen molar-refractivity contribution in [1.82, 2.24) is 15.0 Å². The van der Waals surface area contributed by atoms with Gasteiger partial charge in [-0.25, -0.2) is 4.98 Å². The maximum atomic E-state index is 8.96. The number of methoxy groups -OCH3 is 1. The molecule has 26 heavy (non-hydrogen) atoms. The summed E-state index contributed by atoms with van der Waals surface area (Å²) in [6, 6.07) is 13.3. The van der Waals surface area contributed by atoms with Crippen LogP contribution in [0.1, 0.15) is 6.42 Å². The van der Waals surface area contributed by atoms with E-state index in [1.165, 1.54) is 0 Å². The molecule has 0 spiro atoms. The van der Waals surface area contributed by atoms with Crippen LogP contribution in [0.3, 0.4) is 0 Å². The lowest BCUT2D eigenvalue weighted by atomic mass is 10.2. The van der Waals surface area contributed by atoms with Crippen LogP contribution in [0.2, 0.25) is 0 Å². The molecular formula is C19H21N5O2. The molecular weight excluding hydrogens is 330 g/mol. The summed E-state index contributed by atoms with van der Waals surface area (Å²) in [5.74, 6) is 1.90. The fourth-order valence-electron chi connectivity index (χ4n) is 2.38. The smallest absolute Gasteiger partial charge is 0.225 e. The maximum absolute atomic E-state index is 8.96. The molecule has 0 aliphatic carbocycles. The predicted octanol–water partition coefficient (Wildman–Crippen LogP) is 3.09. The first-order valence-corrected chi connectivity index (χ1v) is 8.34. The Morgan fingerprint density at radius 3 is 2.81 bits per heavy atom. The van der Waals surface area contributed by atoms with Crippen LogP contribution in [0.5, 0.6) is 5.75 Å². The minimum absolute atomic E-state index is 0.115. The molecule has 0 unspecified atom stereocenters. The fraction of sp³-hybridized carbons (Fsp3) is 0.211. The van der Waals surface area contributed by atoms with Gasteiger partial charge in [0.25, 0.3) is 0 Å². The second kappa shape index (κ2) is 8.77. The van der Waals surface area contributed by atoms with Crippen LogP contribution in [0.4, 0.5) is 17.5 Å². The van der Waals surface area contributed by atoms with Crippen LogP contribution >= 0.6 is 0 Å². The van der Waals surface area contributed by atoms with Crippen molar-refractivity contribution in [2.45, 2.75) is 6.42 Å². The van der Waals surface area contributed by atoms with Gasteiger partial charge in [0.1, 0.15) is 11.6 Å². The summed E-state index contributed by atoms with van der Waals surface area (Å²) in [5, 5.41) is 15.4. The molecule has 2 heterocycles. The van der Waals surface area contributed by atoms with Gasteiger partial charge in [-0.15, -0.1) is 0 Å². The number of hydrogen-bond donors (Lipinski definition) is 3. The molecule has 0 atom stereocenters. The minimum atomic E-state index is 0.115. The Labute approximate surface area is 152 Å². The SMILES string of the molecule is COc1cccc(Nc2cc(-c3cccnc3)nc(NCCCO)n2)c1. The second-order valence-corrected chi connectivity index (χ2v) is 5.56. The molecule has 3 N–H and O–H groups in total. The highest BCUT2D eigenvalue weighted by atomic mass is 16.5. The molecule has 0 amide bonds. The van der Waals surface area contributed by atoms with E-state index in [4.69, 9.17) is 9.84 Å². The molecule has 3 aromatic rings. The van der Waals surface area contributed by atoms with Gasteiger partial charge in [-0.2, -0.15) is 4.98 Å². The van der Waals surface area contributed by atoms with E-state index in [0.29, 0.717) is 24.7 Å². The van der Waals surface area contributed by atoms with Crippen molar-refractivity contribution in [3.05, 3.63) is 54.9 Å². The number of nitrogens with zero attached hydrogens (tertiary/aromatic N) is 3. The van der Waals surface area contributed by atoms with Crippen LogP contribution in [0.25, 0.3) is 11.3 Å². The van der Waals surface area contributed by atoms with E-state index in [9.17, 15) is 0 Å². The topological polar surface area (TPSA) is 92.2 Å². The second-order valence-electron chi connectivity index (χ2n) is 5.56. The lowest BCUT2D eigenvalue weighted by Gasteiger charge is -2.12. The molecule has 7 nitrogen and oxygen atoms in total. The van der Waals surface area contributed by atoms with Gasteiger partial charge in [0.05, 0.1) is 12.8 Å². The number of nitrogens with one attached hydrogen (secondary N) is 2. The van der Waals surface area contributed by atoms with E-state index in [1.807, 2.05) is 42.5 Å². The van der Waals surface area contributed by atoms with Gasteiger partial charge in [0.2, 0.25) is 5.95 Å². The zero-order valence-electron chi connectivity index (χ0n) is 14.5. The standard InChI is InChI=1S/C19H21N5O2/c1-26-16-7-2-6-15(11-16)22-18-12-17(14-5-3-8-20-13-14)23-19(24-18)21-9-4-10-25/h2-3,5-8,11-13,25H,4,9-10H2,1H3,(H2,21,22,23,24). The third-order valence-electron chi connectivity index (χ3n) is 3.64. The van der Waals surface area contributed by atoms with Gasteiger partial charge >= 0.3 is 0 Å². The molecule has 0 radical (unpaired) electrons. The van der Waals surface area contributed by atoms with Gasteiger partial charge in [-0.1, -0.05) is 6.07 Å². The third-order valence-corrected chi connectivity index (χ3v) is 3.64. The van der Waals surface area contributed by atoms with Crippen molar-refractivity contribution in [2.24, 2.45) is 0 Å². The van der Waals surface area contributed by atoms with Crippen molar-refractivity contribution in [3.63, 3.8) is 0 Å². The highest BCUT2D eigenvalue weighted by Gasteiger charge is 2.08. The minimum Gasteiger partial charge on any atom is -0.497 e. The average Bonchev–Trinajstić information content (AvgIpc) is 2.69. The van der Waals surface area contributed by atoms with Crippen molar-refractivity contribution in [1.29, 1.82) is 0 Å². The summed E-state index contributed by atoms with van der Waals surface area (Å²) in [5.41, 5.74) is 2.51. The van der Waals surface area contributed by atoms with Crippen LogP contribution < -0.4 is 15.4 Å². The zero-order valence-corrected chi connectivity index (χ0v) is 14.5. The largest absolute Gasteiger partial charge is 0.497 e. The average molecular weight is 351 g/mol. The van der Waals surface area contributed by atoms with Crippen LogP contribution in [0, 0.1) is 0 Å². The zero-order chi connectivity index (χ0) is 18.2. The summed E-state index contributed by atoms with van der Waals surface area (Å²) in [7, 11) is 1.63. The van der Waals surface area contributed by atoms with Crippen LogP contribution in [0.15, 0.2) is 54.9 Å². The van der Waals surface area contributed by atoms with Crippen LogP contribution in [-0.4, -0.2) is 40.3 Å². The molecule has 0 aliphatic heterocycles. The highest BCUT2D eigenvalue weighted by molar-refractivity contribution is 5.67. The van der Waals surface area contributed by atoms with E-state index in [1.54, 1.807) is 19.5 Å². The summed E-state index contributed by atoms with van der Waals surface area (Å²) in [4.78, 5) is 13.2. The predicted molar refractivity (Wildman–Crippen MR) is 102 cm³/mol. The number of aliphatic hydroxyl groups excluding tert-OH is 1. The number of aliphatic hydroxyl groups is 1. The first-order valence-electron chi connectivity index (χ1n) is 8.34. The molecule has 0 bridgehead atoms. The highest BCUT2D eigenvalue weighted by Crippen LogP contribution is 2.24. The summed E-state index contributed by atoms with van der Waals surface area (Å²) in [6.07, 6.45) is 4.11. The van der Waals surface area contributed by atoms with E-state index in [-0.39, 0.29) is 6.61 Å². The van der Waals surface area contributed by atoms with Gasteiger partial charge in [-0.3, -0.25) is 4.98 Å². The Hall–Kier alpha value is -3.19. The van der Waals surface area contributed by atoms with E-state index >= 15 is 0 Å². The van der Waals surface area contributed by atoms with Gasteiger partial charge < -0.3 is 20.5 Å². The quantitative estimate of drug-likeness (QED) is 0.537. The maximum Gasteiger partial charge on any atom is 0.225 e.